The molecule has 0 atom stereocenters. The second-order valence-corrected chi connectivity index (χ2v) is 13.0. The molecule has 0 aliphatic rings. The van der Waals surface area contributed by atoms with Gasteiger partial charge in [0.15, 0.2) is 17.3 Å². The van der Waals surface area contributed by atoms with E-state index in [-0.39, 0.29) is 18.1 Å². The maximum absolute atomic E-state index is 14.0. The first kappa shape index (κ1) is 34.3. The van der Waals surface area contributed by atoms with Crippen molar-refractivity contribution in [3.05, 3.63) is 41.5 Å². The monoisotopic (exact) mass is 570 g/mol. The van der Waals surface area contributed by atoms with E-state index in [4.69, 9.17) is 23.7 Å². The predicted octanol–water partition coefficient (Wildman–Crippen LogP) is 8.68. The van der Waals surface area contributed by atoms with E-state index in [0.717, 1.165) is 17.1 Å². The average Bonchev–Trinajstić information content (AvgIpc) is 2.90. The number of carbonyl (C=O) groups is 1. The van der Waals surface area contributed by atoms with Crippen LogP contribution < -0.4 is 23.7 Å². The van der Waals surface area contributed by atoms with Crippen molar-refractivity contribution in [2.75, 3.05) is 33.0 Å². The molecule has 230 valence electrons. The first-order valence-corrected chi connectivity index (χ1v) is 15.3. The molecule has 0 amide bonds. The van der Waals surface area contributed by atoms with Crippen LogP contribution in [0.25, 0.3) is 0 Å². The zero-order valence-electron chi connectivity index (χ0n) is 27.2. The fourth-order valence-electron chi connectivity index (χ4n) is 3.82. The minimum absolute atomic E-state index is 0.0548. The molecule has 0 aliphatic heterocycles. The van der Waals surface area contributed by atoms with Crippen LogP contribution in [0.3, 0.4) is 0 Å². The van der Waals surface area contributed by atoms with E-state index in [0.29, 0.717) is 85.9 Å². The third kappa shape index (κ3) is 12.2. The highest BCUT2D eigenvalue weighted by Crippen LogP contribution is 2.40. The molecule has 2 aromatic rings. The van der Waals surface area contributed by atoms with E-state index in [1.807, 2.05) is 30.3 Å². The van der Waals surface area contributed by atoms with Crippen LogP contribution in [0, 0.1) is 29.6 Å². The number of hydrogen-bond donors (Lipinski definition) is 0. The average molecular weight is 571 g/mol. The van der Waals surface area contributed by atoms with Crippen LogP contribution in [0.5, 0.6) is 28.7 Å². The molecule has 0 unspecified atom stereocenters. The quantitative estimate of drug-likeness (QED) is 0.157. The van der Waals surface area contributed by atoms with Crippen molar-refractivity contribution in [3.8, 4) is 28.7 Å². The lowest BCUT2D eigenvalue weighted by molar-refractivity contribution is 0.0970. The van der Waals surface area contributed by atoms with Crippen molar-refractivity contribution in [2.45, 2.75) is 82.1 Å². The molecular weight excluding hydrogens is 516 g/mol. The number of carbonyl (C=O) groups excluding carboxylic acids is 1. The first-order valence-electron chi connectivity index (χ1n) is 15.3. The largest absolute Gasteiger partial charge is 0.493 e. The molecule has 41 heavy (non-hydrogen) atoms. The van der Waals surface area contributed by atoms with Gasteiger partial charge in [-0.1, -0.05) is 69.2 Å². The second kappa shape index (κ2) is 17.2. The summed E-state index contributed by atoms with van der Waals surface area (Å²) in [7, 11) is 0. The minimum atomic E-state index is -0.0548. The summed E-state index contributed by atoms with van der Waals surface area (Å²) in [6.07, 6.45) is 0.755. The van der Waals surface area contributed by atoms with Crippen LogP contribution in [0.15, 0.2) is 30.3 Å². The molecule has 0 heterocycles. The van der Waals surface area contributed by atoms with Crippen molar-refractivity contribution in [1.29, 1.82) is 0 Å². The van der Waals surface area contributed by atoms with E-state index in [1.165, 1.54) is 0 Å². The van der Waals surface area contributed by atoms with Crippen LogP contribution in [0.1, 0.15) is 91.6 Å². The standard InChI is InChI=1S/C35H54O6/c1-23(2)18-37-29-12-14-31(38-19-24(3)4)28(17-29)11-13-30(36)34-32(39-20-25(5)6)15-16-33(40-21-26(7)8)35(34)41-22-27(9)10/h12,14-17,23-27H,11,13,18-22H2,1-10H3. The summed E-state index contributed by atoms with van der Waals surface area (Å²) in [5.74, 6) is 4.81. The van der Waals surface area contributed by atoms with Gasteiger partial charge in [0.1, 0.15) is 22.8 Å². The number of ketones is 1. The van der Waals surface area contributed by atoms with Gasteiger partial charge < -0.3 is 23.7 Å². The van der Waals surface area contributed by atoms with Gasteiger partial charge in [-0.15, -0.1) is 0 Å². The molecule has 0 saturated heterocycles. The number of rotatable bonds is 19. The smallest absolute Gasteiger partial charge is 0.175 e. The van der Waals surface area contributed by atoms with Crippen LogP contribution in [-0.2, 0) is 6.42 Å². The zero-order chi connectivity index (χ0) is 30.5. The number of hydrogen-bond acceptors (Lipinski definition) is 6. The normalized spacial score (nSPS) is 11.6. The third-order valence-corrected chi connectivity index (χ3v) is 5.88. The van der Waals surface area contributed by atoms with Crippen molar-refractivity contribution >= 4 is 5.78 Å². The van der Waals surface area contributed by atoms with Gasteiger partial charge >= 0.3 is 0 Å². The fourth-order valence-corrected chi connectivity index (χ4v) is 3.82. The highest BCUT2D eigenvalue weighted by molar-refractivity contribution is 6.02. The molecule has 0 radical (unpaired) electrons. The van der Waals surface area contributed by atoms with Crippen molar-refractivity contribution in [2.24, 2.45) is 29.6 Å². The second-order valence-electron chi connectivity index (χ2n) is 13.0. The summed E-state index contributed by atoms with van der Waals surface area (Å²) in [4.78, 5) is 14.0. The number of ether oxygens (including phenoxy) is 5. The topological polar surface area (TPSA) is 63.2 Å². The van der Waals surface area contributed by atoms with Gasteiger partial charge in [-0.2, -0.15) is 0 Å². The van der Waals surface area contributed by atoms with Gasteiger partial charge in [0.25, 0.3) is 0 Å². The Morgan fingerprint density at radius 1 is 0.561 bits per heavy atom. The van der Waals surface area contributed by atoms with Crippen molar-refractivity contribution < 1.29 is 28.5 Å². The summed E-state index contributed by atoms with van der Waals surface area (Å²) < 4.78 is 30.7. The molecular formula is C35H54O6. The van der Waals surface area contributed by atoms with E-state index in [1.54, 1.807) is 0 Å². The summed E-state index contributed by atoms with van der Waals surface area (Å²) in [5.41, 5.74) is 1.39. The summed E-state index contributed by atoms with van der Waals surface area (Å²) in [5, 5.41) is 0. The first-order chi connectivity index (χ1) is 19.4. The molecule has 2 aromatic carbocycles. The van der Waals surface area contributed by atoms with E-state index >= 15 is 0 Å². The fraction of sp³-hybridized carbons (Fsp3) is 0.629. The molecule has 0 aliphatic carbocycles. The SMILES string of the molecule is CC(C)COc1ccc(OCC(C)C)c(CCC(=O)c2c(OCC(C)C)ccc(OCC(C)C)c2OCC(C)C)c1. The van der Waals surface area contributed by atoms with Crippen LogP contribution in [-0.4, -0.2) is 38.8 Å². The molecule has 0 saturated carbocycles. The van der Waals surface area contributed by atoms with E-state index < -0.39 is 0 Å². The Bertz CT molecular complexity index is 1070. The maximum atomic E-state index is 14.0. The Morgan fingerprint density at radius 2 is 1.00 bits per heavy atom. The number of benzene rings is 2. The van der Waals surface area contributed by atoms with Crippen LogP contribution in [0.4, 0.5) is 0 Å². The summed E-state index contributed by atoms with van der Waals surface area (Å²) >= 11 is 0. The Kier molecular flexibility index (Phi) is 14.4. The third-order valence-electron chi connectivity index (χ3n) is 5.88. The number of Topliss-reactive ketones (excluding diaryl/α,β-unsaturated/α-hetero) is 1. The molecule has 6 nitrogen and oxygen atoms in total. The van der Waals surface area contributed by atoms with Gasteiger partial charge in [0, 0.05) is 6.42 Å². The van der Waals surface area contributed by atoms with Crippen molar-refractivity contribution in [1.82, 2.24) is 0 Å². The summed E-state index contributed by atoms with van der Waals surface area (Å²) in [6, 6.07) is 9.59. The van der Waals surface area contributed by atoms with Crippen LogP contribution >= 0.6 is 0 Å². The molecule has 0 fully saturated rings. The molecule has 6 heteroatoms. The summed E-state index contributed by atoms with van der Waals surface area (Å²) in [6.45, 7) is 23.7. The lowest BCUT2D eigenvalue weighted by Gasteiger charge is -2.21. The van der Waals surface area contributed by atoms with Gasteiger partial charge in [-0.3, -0.25) is 4.79 Å². The van der Waals surface area contributed by atoms with Gasteiger partial charge in [-0.25, -0.2) is 0 Å². The van der Waals surface area contributed by atoms with Gasteiger partial charge in [0.2, 0.25) is 0 Å². The van der Waals surface area contributed by atoms with Gasteiger partial charge in [-0.05, 0) is 71.9 Å². The Morgan fingerprint density at radius 3 is 1.56 bits per heavy atom. The van der Waals surface area contributed by atoms with Gasteiger partial charge in [0.05, 0.1) is 33.0 Å². The molecule has 0 N–H and O–H groups in total. The molecule has 0 bridgehead atoms. The minimum Gasteiger partial charge on any atom is -0.493 e. The Hall–Kier alpha value is -2.89. The van der Waals surface area contributed by atoms with E-state index in [9.17, 15) is 4.79 Å². The van der Waals surface area contributed by atoms with Crippen molar-refractivity contribution in [3.63, 3.8) is 0 Å². The Labute approximate surface area is 249 Å². The highest BCUT2D eigenvalue weighted by atomic mass is 16.5. The number of aryl methyl sites for hydroxylation is 1. The maximum Gasteiger partial charge on any atom is 0.175 e. The lowest BCUT2D eigenvalue weighted by atomic mass is 9.99. The predicted molar refractivity (Wildman–Crippen MR) is 167 cm³/mol. The Balaban J connectivity index is 2.45. The zero-order valence-corrected chi connectivity index (χ0v) is 27.2. The van der Waals surface area contributed by atoms with Crippen LogP contribution in [0.2, 0.25) is 0 Å². The molecule has 2 rings (SSSR count). The lowest BCUT2D eigenvalue weighted by Crippen LogP contribution is -2.15. The molecule has 0 spiro atoms. The highest BCUT2D eigenvalue weighted by Gasteiger charge is 2.25. The molecule has 0 aromatic heterocycles. The van der Waals surface area contributed by atoms with E-state index in [2.05, 4.69) is 69.2 Å².